The maximum Gasteiger partial charge on any atom is 0.119 e. The average molecular weight is 382 g/mol. The Bertz CT molecular complexity index is 730. The highest BCUT2D eigenvalue weighted by Gasteiger charge is 2.49. The third-order valence-corrected chi connectivity index (χ3v) is 5.65. The third kappa shape index (κ3) is 5.22. The van der Waals surface area contributed by atoms with E-state index < -0.39 is 0 Å². The molecule has 1 heterocycles. The van der Waals surface area contributed by atoms with E-state index in [0.717, 1.165) is 39.1 Å². The molecule has 2 aromatic carbocycles. The second kappa shape index (κ2) is 9.21. The molecule has 3 nitrogen and oxygen atoms in total. The minimum absolute atomic E-state index is 0.163. The maximum absolute atomic E-state index is 6.53. The van der Waals surface area contributed by atoms with Gasteiger partial charge < -0.3 is 9.47 Å². The second-order valence-electron chi connectivity index (χ2n) is 8.93. The summed E-state index contributed by atoms with van der Waals surface area (Å²) in [4.78, 5) is 2.50. The van der Waals surface area contributed by atoms with Crippen molar-refractivity contribution in [1.82, 2.24) is 4.90 Å². The minimum atomic E-state index is -0.163. The fourth-order valence-electron chi connectivity index (χ4n) is 3.81. The predicted octanol–water partition coefficient (Wildman–Crippen LogP) is 5.32. The molecule has 28 heavy (non-hydrogen) atoms. The van der Waals surface area contributed by atoms with Gasteiger partial charge in [-0.3, -0.25) is 4.90 Å². The van der Waals surface area contributed by atoms with Crippen LogP contribution < -0.4 is 0 Å². The first-order chi connectivity index (χ1) is 13.4. The third-order valence-electron chi connectivity index (χ3n) is 5.65. The molecule has 1 saturated heterocycles. The number of hydrogen-bond acceptors (Lipinski definition) is 3. The van der Waals surface area contributed by atoms with Crippen molar-refractivity contribution in [2.75, 3.05) is 26.3 Å². The van der Waals surface area contributed by atoms with E-state index in [2.05, 4.69) is 81.1 Å². The molecule has 0 radical (unpaired) electrons. The van der Waals surface area contributed by atoms with E-state index in [1.165, 1.54) is 16.7 Å². The minimum Gasteiger partial charge on any atom is -0.377 e. The van der Waals surface area contributed by atoms with Gasteiger partial charge in [-0.1, -0.05) is 54.6 Å². The molecule has 0 saturated carbocycles. The number of unbranched alkanes of at least 4 members (excludes halogenated alkanes) is 1. The molecule has 0 atom stereocenters. The quantitative estimate of drug-likeness (QED) is 0.549. The number of likely N-dealkylation sites (tertiary alicyclic amines) is 1. The number of ether oxygens (including phenoxy) is 2. The van der Waals surface area contributed by atoms with E-state index in [0.29, 0.717) is 6.61 Å². The van der Waals surface area contributed by atoms with Gasteiger partial charge >= 0.3 is 0 Å². The first-order valence-electron chi connectivity index (χ1n) is 10.5. The van der Waals surface area contributed by atoms with Crippen molar-refractivity contribution in [1.29, 1.82) is 0 Å². The Balaban J connectivity index is 1.46. The Kier molecular flexibility index (Phi) is 6.92. The van der Waals surface area contributed by atoms with Crippen molar-refractivity contribution in [3.8, 4) is 0 Å². The van der Waals surface area contributed by atoms with Crippen LogP contribution in [0.25, 0.3) is 0 Å². The topological polar surface area (TPSA) is 21.7 Å². The number of hydrogen-bond donors (Lipinski definition) is 0. The summed E-state index contributed by atoms with van der Waals surface area (Å²) in [5.41, 5.74) is 3.91. The van der Waals surface area contributed by atoms with E-state index in [-0.39, 0.29) is 11.1 Å². The van der Waals surface area contributed by atoms with Crippen LogP contribution in [0.1, 0.15) is 50.3 Å². The summed E-state index contributed by atoms with van der Waals surface area (Å²) < 4.78 is 12.3. The van der Waals surface area contributed by atoms with Crippen LogP contribution in [0, 0.1) is 6.92 Å². The lowest BCUT2D eigenvalue weighted by Crippen LogP contribution is -2.66. The molecule has 1 fully saturated rings. The van der Waals surface area contributed by atoms with Crippen molar-refractivity contribution >= 4 is 0 Å². The van der Waals surface area contributed by atoms with Gasteiger partial charge in [0, 0.05) is 31.8 Å². The lowest BCUT2D eigenvalue weighted by Gasteiger charge is -2.55. The Morgan fingerprint density at radius 3 is 2.21 bits per heavy atom. The largest absolute Gasteiger partial charge is 0.377 e. The van der Waals surface area contributed by atoms with Crippen molar-refractivity contribution in [3.63, 3.8) is 0 Å². The van der Waals surface area contributed by atoms with Gasteiger partial charge in [0.25, 0.3) is 0 Å². The van der Waals surface area contributed by atoms with E-state index in [1.54, 1.807) is 0 Å². The summed E-state index contributed by atoms with van der Waals surface area (Å²) in [5, 5.41) is 0. The van der Waals surface area contributed by atoms with Crippen LogP contribution in [-0.4, -0.2) is 36.7 Å². The lowest BCUT2D eigenvalue weighted by atomic mass is 9.80. The Labute approximate surface area is 170 Å². The molecule has 3 rings (SSSR count). The molecule has 0 aliphatic carbocycles. The van der Waals surface area contributed by atoms with Crippen LogP contribution in [-0.2, 0) is 21.7 Å². The highest BCUT2D eigenvalue weighted by molar-refractivity contribution is 5.34. The fourth-order valence-corrected chi connectivity index (χ4v) is 3.81. The van der Waals surface area contributed by atoms with Crippen LogP contribution in [0.15, 0.2) is 54.6 Å². The molecule has 0 unspecified atom stereocenters. The van der Waals surface area contributed by atoms with Gasteiger partial charge in [-0.15, -0.1) is 0 Å². The summed E-state index contributed by atoms with van der Waals surface area (Å²) in [5.74, 6) is 0. The average Bonchev–Trinajstić information content (AvgIpc) is 2.63. The SMILES string of the molecule is Cc1ccccc1C1(OCCCCOCc2ccccc2)CN(C(C)(C)C)C1. The molecule has 0 bridgehead atoms. The molecule has 0 spiro atoms. The summed E-state index contributed by atoms with van der Waals surface area (Å²) in [6.07, 6.45) is 2.05. The van der Waals surface area contributed by atoms with E-state index >= 15 is 0 Å². The summed E-state index contributed by atoms with van der Waals surface area (Å²) in [7, 11) is 0. The zero-order chi connectivity index (χ0) is 20.0. The van der Waals surface area contributed by atoms with Crippen molar-refractivity contribution in [2.45, 2.75) is 58.3 Å². The Hall–Kier alpha value is -1.68. The molecule has 1 aliphatic rings. The van der Waals surface area contributed by atoms with E-state index in [1.807, 2.05) is 6.07 Å². The van der Waals surface area contributed by atoms with Gasteiger partial charge in [0.05, 0.1) is 6.61 Å². The standard InChI is InChI=1S/C25H35NO2/c1-21-12-8-9-15-23(21)25(19-26(20-25)24(2,3)4)28-17-11-10-16-27-18-22-13-6-5-7-14-22/h5-9,12-15H,10-11,16-20H2,1-4H3. The van der Waals surface area contributed by atoms with Crippen molar-refractivity contribution < 1.29 is 9.47 Å². The fraction of sp³-hybridized carbons (Fsp3) is 0.520. The van der Waals surface area contributed by atoms with E-state index in [4.69, 9.17) is 9.47 Å². The van der Waals surface area contributed by atoms with Gasteiger partial charge in [-0.05, 0) is 57.2 Å². The van der Waals surface area contributed by atoms with Gasteiger partial charge in [0.2, 0.25) is 0 Å². The van der Waals surface area contributed by atoms with Gasteiger partial charge in [-0.2, -0.15) is 0 Å². The molecule has 0 amide bonds. The van der Waals surface area contributed by atoms with Gasteiger partial charge in [0.15, 0.2) is 0 Å². The first-order valence-corrected chi connectivity index (χ1v) is 10.5. The number of nitrogens with zero attached hydrogens (tertiary/aromatic N) is 1. The monoisotopic (exact) mass is 381 g/mol. The number of benzene rings is 2. The molecule has 152 valence electrons. The molecule has 0 N–H and O–H groups in total. The normalized spacial score (nSPS) is 16.7. The summed E-state index contributed by atoms with van der Waals surface area (Å²) in [6, 6.07) is 19.0. The highest BCUT2D eigenvalue weighted by atomic mass is 16.5. The lowest BCUT2D eigenvalue weighted by molar-refractivity contribution is -0.176. The zero-order valence-corrected chi connectivity index (χ0v) is 17.9. The Morgan fingerprint density at radius 2 is 1.54 bits per heavy atom. The molecule has 0 aromatic heterocycles. The summed E-state index contributed by atoms with van der Waals surface area (Å²) >= 11 is 0. The van der Waals surface area contributed by atoms with Gasteiger partial charge in [-0.25, -0.2) is 0 Å². The molecular formula is C25H35NO2. The van der Waals surface area contributed by atoms with Crippen molar-refractivity contribution in [3.05, 3.63) is 71.3 Å². The summed E-state index contributed by atoms with van der Waals surface area (Å²) in [6.45, 7) is 13.2. The highest BCUT2D eigenvalue weighted by Crippen LogP contribution is 2.41. The first kappa shape index (κ1) is 21.0. The number of aryl methyl sites for hydroxylation is 1. The van der Waals surface area contributed by atoms with Crippen LogP contribution in [0.4, 0.5) is 0 Å². The molecular weight excluding hydrogens is 346 g/mol. The van der Waals surface area contributed by atoms with Crippen LogP contribution in [0.2, 0.25) is 0 Å². The van der Waals surface area contributed by atoms with Gasteiger partial charge in [0.1, 0.15) is 5.60 Å². The van der Waals surface area contributed by atoms with Crippen LogP contribution in [0.3, 0.4) is 0 Å². The number of rotatable bonds is 9. The zero-order valence-electron chi connectivity index (χ0n) is 17.9. The molecule has 1 aliphatic heterocycles. The van der Waals surface area contributed by atoms with Crippen LogP contribution >= 0.6 is 0 Å². The maximum atomic E-state index is 6.53. The smallest absolute Gasteiger partial charge is 0.119 e. The van der Waals surface area contributed by atoms with Crippen LogP contribution in [0.5, 0.6) is 0 Å². The second-order valence-corrected chi connectivity index (χ2v) is 8.93. The molecule has 2 aromatic rings. The Morgan fingerprint density at radius 1 is 0.893 bits per heavy atom. The van der Waals surface area contributed by atoms with Crippen molar-refractivity contribution in [2.24, 2.45) is 0 Å². The van der Waals surface area contributed by atoms with E-state index in [9.17, 15) is 0 Å². The predicted molar refractivity (Wildman–Crippen MR) is 115 cm³/mol. The molecule has 3 heteroatoms.